The van der Waals surface area contributed by atoms with Crippen molar-refractivity contribution in [1.82, 2.24) is 25.1 Å². The molecule has 0 bridgehead atoms. The number of halogens is 1. The predicted octanol–water partition coefficient (Wildman–Crippen LogP) is 5.44. The van der Waals surface area contributed by atoms with E-state index < -0.39 is 35.8 Å². The molecular weight excluding hydrogens is 748 g/mol. The number of piperidine rings is 1. The number of hydrogen-bond acceptors (Lipinski definition) is 10. The second kappa shape index (κ2) is 17.6. The van der Waals surface area contributed by atoms with Gasteiger partial charge in [0.1, 0.15) is 24.0 Å². The summed E-state index contributed by atoms with van der Waals surface area (Å²) in [7, 11) is 0. The van der Waals surface area contributed by atoms with Gasteiger partial charge in [-0.25, -0.2) is 9.97 Å². The van der Waals surface area contributed by atoms with Crippen LogP contribution in [0.3, 0.4) is 0 Å². The third-order valence-electron chi connectivity index (χ3n) is 11.9. The minimum Gasteiger partial charge on any atom is -0.387 e. The standard InChI is InChI=1S/C43H49ClN6O7/c1-26-24-34(52)38-36(26)39(46-25-45-38)48-20-22-49(23-21-48)41(55)31(27-14-16-29(44)17-15-27)12-6-5-11-30(51)10-4-2-3-8-28-9-7-13-32-37(28)43(57)50(42(32)56)33-18-19-35(53)47-40(33)54/h7,9,13-17,25-26,31,33-34,52H,2-6,8,10-12,18-24H2,1H3,(H,47,53,54)/t26-,31-,33?,34-/m1/s1. The number of fused-ring (bicyclic) bond motifs is 2. The van der Waals surface area contributed by atoms with E-state index in [-0.39, 0.29) is 41.9 Å². The minimum absolute atomic E-state index is 0.0682. The summed E-state index contributed by atoms with van der Waals surface area (Å²) in [6.07, 6.45) is 7.43. The zero-order valence-corrected chi connectivity index (χ0v) is 33.0. The summed E-state index contributed by atoms with van der Waals surface area (Å²) in [5, 5.41) is 13.3. The summed E-state index contributed by atoms with van der Waals surface area (Å²) in [6, 6.07) is 11.6. The number of hydrogen-bond donors (Lipinski definition) is 2. The van der Waals surface area contributed by atoms with Crippen molar-refractivity contribution in [3.8, 4) is 0 Å². The number of nitrogens with one attached hydrogen (secondary N) is 1. The number of aliphatic hydroxyl groups is 1. The van der Waals surface area contributed by atoms with Crippen LogP contribution in [0.25, 0.3) is 0 Å². The first-order chi connectivity index (χ1) is 27.5. The minimum atomic E-state index is -1.00. The maximum Gasteiger partial charge on any atom is 0.262 e. The highest BCUT2D eigenvalue weighted by Crippen LogP contribution is 2.43. The zero-order valence-electron chi connectivity index (χ0n) is 32.3. The Morgan fingerprint density at radius 1 is 0.912 bits per heavy atom. The number of imide groups is 2. The van der Waals surface area contributed by atoms with Crippen molar-refractivity contribution >= 4 is 52.7 Å². The quantitative estimate of drug-likeness (QED) is 0.149. The summed E-state index contributed by atoms with van der Waals surface area (Å²) in [5.74, 6) is -1.15. The average Bonchev–Trinajstić information content (AvgIpc) is 3.65. The van der Waals surface area contributed by atoms with Crippen LogP contribution in [0.4, 0.5) is 5.82 Å². The van der Waals surface area contributed by atoms with Gasteiger partial charge in [0, 0.05) is 56.0 Å². The van der Waals surface area contributed by atoms with Crippen LogP contribution in [0.15, 0.2) is 48.8 Å². The third-order valence-corrected chi connectivity index (χ3v) is 12.1. The van der Waals surface area contributed by atoms with E-state index in [0.29, 0.717) is 87.4 Å². The molecule has 13 nitrogen and oxygen atoms in total. The monoisotopic (exact) mass is 796 g/mol. The van der Waals surface area contributed by atoms with Gasteiger partial charge in [-0.05, 0) is 80.2 Å². The molecular formula is C43H49ClN6O7. The maximum atomic E-state index is 14.0. The Morgan fingerprint density at radius 3 is 2.39 bits per heavy atom. The molecule has 0 saturated carbocycles. The van der Waals surface area contributed by atoms with Crippen LogP contribution in [0, 0.1) is 0 Å². The van der Waals surface area contributed by atoms with Crippen LogP contribution in [0.2, 0.25) is 5.02 Å². The fourth-order valence-corrected chi connectivity index (χ4v) is 8.97. The summed E-state index contributed by atoms with van der Waals surface area (Å²) in [5.41, 5.74) is 3.96. The van der Waals surface area contributed by atoms with Crippen LogP contribution in [-0.4, -0.2) is 92.4 Å². The number of aliphatic hydroxyl groups excluding tert-OH is 1. The molecule has 14 heteroatoms. The molecule has 300 valence electrons. The normalized spacial score (nSPS) is 21.1. The van der Waals surface area contributed by atoms with Crippen molar-refractivity contribution in [2.24, 2.45) is 0 Å². The topological polar surface area (TPSA) is 170 Å². The number of unbranched alkanes of at least 4 members (excludes halogenated alkanes) is 3. The highest BCUT2D eigenvalue weighted by Gasteiger charge is 2.45. The molecule has 57 heavy (non-hydrogen) atoms. The Morgan fingerprint density at radius 2 is 1.65 bits per heavy atom. The third kappa shape index (κ3) is 8.64. The second-order valence-corrected chi connectivity index (χ2v) is 16.1. The lowest BCUT2D eigenvalue weighted by Crippen LogP contribution is -2.54. The first-order valence-electron chi connectivity index (χ1n) is 20.2. The zero-order chi connectivity index (χ0) is 40.2. The summed E-state index contributed by atoms with van der Waals surface area (Å²) < 4.78 is 0. The van der Waals surface area contributed by atoms with Crippen LogP contribution in [0.5, 0.6) is 0 Å². The van der Waals surface area contributed by atoms with E-state index in [1.165, 1.54) is 6.33 Å². The Balaban J connectivity index is 0.858. The van der Waals surface area contributed by atoms with E-state index in [0.717, 1.165) is 46.7 Å². The number of amides is 5. The van der Waals surface area contributed by atoms with Gasteiger partial charge in [-0.1, -0.05) is 55.6 Å². The number of Topliss-reactive ketones (excluding diaryl/α,β-unsaturated/α-hetero) is 1. The number of aryl methyl sites for hydroxylation is 1. The fraction of sp³-hybridized carbons (Fsp3) is 0.488. The maximum absolute atomic E-state index is 14.0. The van der Waals surface area contributed by atoms with E-state index >= 15 is 0 Å². The lowest BCUT2D eigenvalue weighted by molar-refractivity contribution is -0.136. The molecule has 1 aliphatic carbocycles. The molecule has 3 aliphatic heterocycles. The molecule has 0 radical (unpaired) electrons. The molecule has 5 amide bonds. The van der Waals surface area contributed by atoms with Gasteiger partial charge >= 0.3 is 0 Å². The van der Waals surface area contributed by atoms with E-state index in [9.17, 15) is 33.9 Å². The Hall–Kier alpha value is -5.01. The molecule has 1 unspecified atom stereocenters. The molecule has 4 aliphatic rings. The average molecular weight is 797 g/mol. The van der Waals surface area contributed by atoms with E-state index in [1.807, 2.05) is 35.2 Å². The van der Waals surface area contributed by atoms with Gasteiger partial charge in [0.25, 0.3) is 11.8 Å². The number of nitrogens with zero attached hydrogens (tertiary/aromatic N) is 5. The van der Waals surface area contributed by atoms with Crippen molar-refractivity contribution in [2.75, 3.05) is 31.1 Å². The van der Waals surface area contributed by atoms with Gasteiger partial charge in [0.15, 0.2) is 0 Å². The van der Waals surface area contributed by atoms with Crippen LogP contribution in [-0.2, 0) is 25.6 Å². The van der Waals surface area contributed by atoms with Crippen molar-refractivity contribution in [1.29, 1.82) is 0 Å². The number of benzene rings is 2. The lowest BCUT2D eigenvalue weighted by atomic mass is 9.91. The molecule has 2 aromatic carbocycles. The van der Waals surface area contributed by atoms with Crippen molar-refractivity contribution in [3.63, 3.8) is 0 Å². The molecule has 2 saturated heterocycles. The highest BCUT2D eigenvalue weighted by atomic mass is 35.5. The fourth-order valence-electron chi connectivity index (χ4n) is 8.84. The SMILES string of the molecule is C[C@@H]1C[C@@H](O)c2ncnc(N3CCN(C(=O)[C@H](CCCCC(=O)CCCCCc4cccc5c4C(=O)N(C4CCC(=O)NC4=O)C5=O)c4ccc(Cl)cc4)CC3)c21. The van der Waals surface area contributed by atoms with E-state index in [1.54, 1.807) is 12.1 Å². The molecule has 0 spiro atoms. The number of anilines is 1. The molecule has 2 N–H and O–H groups in total. The van der Waals surface area contributed by atoms with Crippen LogP contribution < -0.4 is 10.2 Å². The van der Waals surface area contributed by atoms with Crippen molar-refractivity contribution < 1.29 is 33.9 Å². The van der Waals surface area contributed by atoms with E-state index in [2.05, 4.69) is 27.1 Å². The Bertz CT molecular complexity index is 2050. The summed E-state index contributed by atoms with van der Waals surface area (Å²) in [4.78, 5) is 91.5. The molecule has 7 rings (SSSR count). The number of aromatic nitrogens is 2. The first-order valence-corrected chi connectivity index (χ1v) is 20.6. The smallest absolute Gasteiger partial charge is 0.262 e. The highest BCUT2D eigenvalue weighted by molar-refractivity contribution is 6.30. The van der Waals surface area contributed by atoms with Gasteiger partial charge in [-0.2, -0.15) is 0 Å². The van der Waals surface area contributed by atoms with Crippen molar-refractivity contribution in [3.05, 3.63) is 87.3 Å². The van der Waals surface area contributed by atoms with Gasteiger partial charge in [0.05, 0.1) is 28.8 Å². The first kappa shape index (κ1) is 40.2. The van der Waals surface area contributed by atoms with Gasteiger partial charge in [0.2, 0.25) is 17.7 Å². The molecule has 4 heterocycles. The van der Waals surface area contributed by atoms with Crippen molar-refractivity contribution in [2.45, 2.75) is 108 Å². The Kier molecular flexibility index (Phi) is 12.4. The van der Waals surface area contributed by atoms with E-state index in [4.69, 9.17) is 11.6 Å². The van der Waals surface area contributed by atoms with Gasteiger partial charge in [-0.15, -0.1) is 0 Å². The van der Waals surface area contributed by atoms with Gasteiger partial charge < -0.3 is 14.9 Å². The lowest BCUT2D eigenvalue weighted by Gasteiger charge is -2.38. The van der Waals surface area contributed by atoms with Gasteiger partial charge in [-0.3, -0.25) is 39.0 Å². The number of rotatable bonds is 15. The molecule has 4 atom stereocenters. The number of carbonyl (C=O) groups is 6. The number of ketones is 1. The summed E-state index contributed by atoms with van der Waals surface area (Å²) in [6.45, 7) is 4.46. The molecule has 1 aromatic heterocycles. The predicted molar refractivity (Wildman–Crippen MR) is 212 cm³/mol. The van der Waals surface area contributed by atoms with Crippen LogP contribution >= 0.6 is 11.6 Å². The number of piperazine rings is 1. The molecule has 3 aromatic rings. The largest absolute Gasteiger partial charge is 0.387 e. The Labute approximate surface area is 337 Å². The number of carbonyl (C=O) groups excluding carboxylic acids is 6. The van der Waals surface area contributed by atoms with Crippen LogP contribution in [0.1, 0.15) is 139 Å². The second-order valence-electron chi connectivity index (χ2n) is 15.7. The summed E-state index contributed by atoms with van der Waals surface area (Å²) >= 11 is 6.19. The molecule has 2 fully saturated rings.